The van der Waals surface area contributed by atoms with E-state index in [1.54, 1.807) is 6.92 Å². The summed E-state index contributed by atoms with van der Waals surface area (Å²) in [7, 11) is 0. The van der Waals surface area contributed by atoms with E-state index in [0.717, 1.165) is 50.4 Å². The van der Waals surface area contributed by atoms with Gasteiger partial charge in [0.2, 0.25) is 0 Å². The third-order valence-corrected chi connectivity index (χ3v) is 6.30. The highest BCUT2D eigenvalue weighted by molar-refractivity contribution is 7.16. The summed E-state index contributed by atoms with van der Waals surface area (Å²) in [4.78, 5) is 2.73. The quantitative estimate of drug-likeness (QED) is 0.202. The standard InChI is InChI=1S/C26H35N5O3S/c1-5-11-32-13-9-31(10-14-34-16-15-33-12-6-2)22-7-8-24(20(3)17-22)29-30-26-23(18-27)21(4)25(19-28)35-26/h7-8,17H,5-6,9-16H2,1-4H3. The molecule has 0 spiro atoms. The lowest BCUT2D eigenvalue weighted by Gasteiger charge is -2.25. The minimum atomic E-state index is 0.405. The van der Waals surface area contributed by atoms with Crippen LogP contribution in [-0.4, -0.2) is 52.7 Å². The molecule has 35 heavy (non-hydrogen) atoms. The molecule has 0 unspecified atom stereocenters. The summed E-state index contributed by atoms with van der Waals surface area (Å²) in [6, 6.07) is 10.2. The number of azo groups is 1. The van der Waals surface area contributed by atoms with Gasteiger partial charge in [0.1, 0.15) is 17.0 Å². The number of hydrogen-bond donors (Lipinski definition) is 0. The fourth-order valence-electron chi connectivity index (χ4n) is 3.29. The molecule has 2 aromatic rings. The number of anilines is 1. The van der Waals surface area contributed by atoms with Gasteiger partial charge >= 0.3 is 0 Å². The Morgan fingerprint density at radius 3 is 2.06 bits per heavy atom. The number of nitriles is 2. The van der Waals surface area contributed by atoms with Crippen molar-refractivity contribution in [3.63, 3.8) is 0 Å². The fourth-order valence-corrected chi connectivity index (χ4v) is 4.16. The van der Waals surface area contributed by atoms with Crippen LogP contribution in [0.5, 0.6) is 0 Å². The Bertz CT molecular complexity index is 1040. The van der Waals surface area contributed by atoms with E-state index in [-0.39, 0.29) is 0 Å². The molecule has 0 aliphatic heterocycles. The van der Waals surface area contributed by atoms with Gasteiger partial charge in [0.15, 0.2) is 5.00 Å². The average molecular weight is 498 g/mol. The van der Waals surface area contributed by atoms with Crippen molar-refractivity contribution in [2.24, 2.45) is 10.2 Å². The number of benzene rings is 1. The van der Waals surface area contributed by atoms with Crippen LogP contribution in [0.3, 0.4) is 0 Å². The van der Waals surface area contributed by atoms with Crippen molar-refractivity contribution in [1.82, 2.24) is 0 Å². The normalized spacial score (nSPS) is 11.0. The third kappa shape index (κ3) is 9.04. The minimum absolute atomic E-state index is 0.405. The summed E-state index contributed by atoms with van der Waals surface area (Å²) in [5.41, 5.74) is 3.80. The van der Waals surface area contributed by atoms with Crippen molar-refractivity contribution in [1.29, 1.82) is 10.5 Å². The van der Waals surface area contributed by atoms with Crippen LogP contribution in [0.15, 0.2) is 28.4 Å². The molecular formula is C26H35N5O3S. The highest BCUT2D eigenvalue weighted by atomic mass is 32.1. The monoisotopic (exact) mass is 497 g/mol. The number of ether oxygens (including phenoxy) is 3. The van der Waals surface area contributed by atoms with Gasteiger partial charge in [-0.2, -0.15) is 10.5 Å². The molecule has 0 radical (unpaired) electrons. The summed E-state index contributed by atoms with van der Waals surface area (Å²) in [6.45, 7) is 13.4. The zero-order valence-corrected chi connectivity index (χ0v) is 22.0. The second-order valence-corrected chi connectivity index (χ2v) is 8.95. The zero-order chi connectivity index (χ0) is 25.5. The number of nitrogens with zero attached hydrogens (tertiary/aromatic N) is 5. The zero-order valence-electron chi connectivity index (χ0n) is 21.2. The number of thiophene rings is 1. The molecule has 1 aromatic heterocycles. The highest BCUT2D eigenvalue weighted by Gasteiger charge is 2.15. The van der Waals surface area contributed by atoms with E-state index in [9.17, 15) is 10.5 Å². The van der Waals surface area contributed by atoms with Crippen molar-refractivity contribution < 1.29 is 14.2 Å². The average Bonchev–Trinajstić information content (AvgIpc) is 3.18. The van der Waals surface area contributed by atoms with Gasteiger partial charge in [0, 0.05) is 32.0 Å². The lowest BCUT2D eigenvalue weighted by Crippen LogP contribution is -2.31. The van der Waals surface area contributed by atoms with E-state index in [4.69, 9.17) is 14.2 Å². The molecular weight excluding hydrogens is 462 g/mol. The Hall–Kier alpha value is -2.82. The van der Waals surface area contributed by atoms with E-state index in [0.29, 0.717) is 53.1 Å². The molecule has 188 valence electrons. The van der Waals surface area contributed by atoms with Gasteiger partial charge in [0.05, 0.1) is 37.7 Å². The summed E-state index contributed by atoms with van der Waals surface area (Å²) in [6.07, 6.45) is 2.00. The summed E-state index contributed by atoms with van der Waals surface area (Å²) in [5.74, 6) is 0. The van der Waals surface area contributed by atoms with E-state index in [2.05, 4.69) is 47.2 Å². The third-order valence-electron chi connectivity index (χ3n) is 5.22. The molecule has 0 atom stereocenters. The molecule has 0 bridgehead atoms. The van der Waals surface area contributed by atoms with Crippen LogP contribution in [0.1, 0.15) is 48.3 Å². The number of rotatable bonds is 16. The summed E-state index contributed by atoms with van der Waals surface area (Å²) < 4.78 is 16.9. The first-order valence-electron chi connectivity index (χ1n) is 12.0. The van der Waals surface area contributed by atoms with E-state index < -0.39 is 0 Å². The van der Waals surface area contributed by atoms with Crippen molar-refractivity contribution in [2.75, 3.05) is 57.6 Å². The van der Waals surface area contributed by atoms with Gasteiger partial charge < -0.3 is 19.1 Å². The first-order valence-corrected chi connectivity index (χ1v) is 12.8. The molecule has 0 saturated carbocycles. The molecule has 0 N–H and O–H groups in total. The molecule has 0 fully saturated rings. The fraction of sp³-hybridized carbons (Fsp3) is 0.538. The predicted molar refractivity (Wildman–Crippen MR) is 139 cm³/mol. The Labute approximate surface area is 212 Å². The molecule has 0 aliphatic rings. The topological polar surface area (TPSA) is 103 Å². The Balaban J connectivity index is 2.08. The van der Waals surface area contributed by atoms with Crippen LogP contribution < -0.4 is 4.90 Å². The first-order chi connectivity index (χ1) is 17.0. The van der Waals surface area contributed by atoms with Crippen LogP contribution in [0, 0.1) is 36.5 Å². The van der Waals surface area contributed by atoms with Crippen LogP contribution in [0.2, 0.25) is 0 Å². The molecule has 8 nitrogen and oxygen atoms in total. The van der Waals surface area contributed by atoms with Crippen LogP contribution >= 0.6 is 11.3 Å². The molecule has 1 heterocycles. The maximum Gasteiger partial charge on any atom is 0.158 e. The van der Waals surface area contributed by atoms with Crippen LogP contribution in [-0.2, 0) is 14.2 Å². The van der Waals surface area contributed by atoms with Crippen LogP contribution in [0.25, 0.3) is 0 Å². The lowest BCUT2D eigenvalue weighted by atomic mass is 10.1. The van der Waals surface area contributed by atoms with Gasteiger partial charge in [-0.15, -0.1) is 21.6 Å². The highest BCUT2D eigenvalue weighted by Crippen LogP contribution is 2.36. The molecule has 2 rings (SSSR count). The molecule has 1 aromatic carbocycles. The molecule has 0 amide bonds. The lowest BCUT2D eigenvalue weighted by molar-refractivity contribution is 0.0501. The predicted octanol–water partition coefficient (Wildman–Crippen LogP) is 6.20. The van der Waals surface area contributed by atoms with E-state index in [1.165, 1.54) is 11.3 Å². The second-order valence-electron chi connectivity index (χ2n) is 7.95. The van der Waals surface area contributed by atoms with E-state index in [1.807, 2.05) is 19.1 Å². The van der Waals surface area contributed by atoms with Gasteiger partial charge in [-0.25, -0.2) is 0 Å². The van der Waals surface area contributed by atoms with E-state index >= 15 is 0 Å². The van der Waals surface area contributed by atoms with Crippen molar-refractivity contribution in [3.05, 3.63) is 39.8 Å². The van der Waals surface area contributed by atoms with Gasteiger partial charge in [0.25, 0.3) is 0 Å². The number of hydrogen-bond acceptors (Lipinski definition) is 9. The largest absolute Gasteiger partial charge is 0.380 e. The number of aryl methyl sites for hydroxylation is 1. The SMILES string of the molecule is CCCOCCOCCN(CCOCCC)c1ccc(N=Nc2sc(C#N)c(C)c2C#N)c(C)c1. The van der Waals surface area contributed by atoms with Crippen LogP contribution in [0.4, 0.5) is 16.4 Å². The minimum Gasteiger partial charge on any atom is -0.380 e. The maximum atomic E-state index is 9.42. The summed E-state index contributed by atoms with van der Waals surface area (Å²) >= 11 is 1.19. The van der Waals surface area contributed by atoms with Crippen molar-refractivity contribution >= 4 is 27.7 Å². The second kappa shape index (κ2) is 16.0. The van der Waals surface area contributed by atoms with Gasteiger partial charge in [-0.1, -0.05) is 13.8 Å². The van der Waals surface area contributed by atoms with Crippen molar-refractivity contribution in [2.45, 2.75) is 40.5 Å². The first kappa shape index (κ1) is 28.4. The molecule has 9 heteroatoms. The smallest absolute Gasteiger partial charge is 0.158 e. The summed E-state index contributed by atoms with van der Waals surface area (Å²) in [5, 5.41) is 27.7. The maximum absolute atomic E-state index is 9.42. The Kier molecular flexibility index (Phi) is 13.0. The molecule has 0 aliphatic carbocycles. The van der Waals surface area contributed by atoms with Gasteiger partial charge in [-0.3, -0.25) is 0 Å². The molecule has 0 saturated heterocycles. The Morgan fingerprint density at radius 1 is 0.857 bits per heavy atom. The Morgan fingerprint density at radius 2 is 1.49 bits per heavy atom. The van der Waals surface area contributed by atoms with Gasteiger partial charge in [-0.05, 0) is 56.0 Å². The van der Waals surface area contributed by atoms with Crippen molar-refractivity contribution in [3.8, 4) is 12.1 Å².